The van der Waals surface area contributed by atoms with Crippen LogP contribution in [0.25, 0.3) is 0 Å². The van der Waals surface area contributed by atoms with E-state index in [2.05, 4.69) is 49.4 Å². The van der Waals surface area contributed by atoms with Gasteiger partial charge < -0.3 is 110 Å². The van der Waals surface area contributed by atoms with Crippen LogP contribution in [0.4, 0.5) is 0 Å². The number of hydrogen-bond acceptors (Lipinski definition) is 43. The van der Waals surface area contributed by atoms with Crippen LogP contribution in [-0.4, -0.2) is 515 Å². The average molecular weight is 1900 g/mol. The molecule has 9 saturated heterocycles. The SMILES string of the molecule is O=C(CCNCCN(CCC(=O)OCC(COC(=O)CCN1CCCCC1)(COC(=O)CCN1CCOCC1)COC(=O)CCN1CCOCC1)CCC(=O)OCC(COC(=O)CCN1CCOCC1)(COC(=O)CCN1CCOCC1)COC(=O)CCN1CCOCC1)OCC(COC(=O)CCN1CCOCC1)(COC(=O)CCN1CCOCC1)COC(=O)CCN1CCOCC1. The van der Waals surface area contributed by atoms with Crippen molar-refractivity contribution < 1.29 is 152 Å². The molecule has 0 aromatic carbocycles. The van der Waals surface area contributed by atoms with Gasteiger partial charge in [0.25, 0.3) is 0 Å². The first-order valence-electron chi connectivity index (χ1n) is 48.2. The normalized spacial score (nSPS) is 19.1. The zero-order chi connectivity index (χ0) is 94.1. The lowest BCUT2D eigenvalue weighted by molar-refractivity contribution is -0.174. The number of piperidine rings is 1. The Bertz CT molecular complexity index is 2980. The summed E-state index contributed by atoms with van der Waals surface area (Å²) in [4.78, 5) is 187. The van der Waals surface area contributed by atoms with E-state index < -0.39 is 167 Å². The summed E-state index contributed by atoms with van der Waals surface area (Å²) in [5, 5.41) is 3.25. The number of rotatable bonds is 63. The zero-order valence-electron chi connectivity index (χ0n) is 78.6. The maximum atomic E-state index is 14.6. The maximum Gasteiger partial charge on any atom is 0.307 e. The van der Waals surface area contributed by atoms with Gasteiger partial charge in [0.05, 0.1) is 183 Å². The van der Waals surface area contributed by atoms with E-state index in [1.54, 1.807) is 4.90 Å². The molecule has 758 valence electrons. The van der Waals surface area contributed by atoms with Gasteiger partial charge in [0, 0.05) is 196 Å². The molecule has 0 aliphatic carbocycles. The third-order valence-electron chi connectivity index (χ3n) is 24.8. The van der Waals surface area contributed by atoms with Gasteiger partial charge in [0.15, 0.2) is 0 Å². The van der Waals surface area contributed by atoms with Gasteiger partial charge in [0.2, 0.25) is 0 Å². The monoisotopic (exact) mass is 1900 g/mol. The van der Waals surface area contributed by atoms with Gasteiger partial charge in [-0.2, -0.15) is 0 Å². The predicted molar refractivity (Wildman–Crippen MR) is 472 cm³/mol. The van der Waals surface area contributed by atoms with E-state index >= 15 is 0 Å². The lowest BCUT2D eigenvalue weighted by Crippen LogP contribution is -2.45. The summed E-state index contributed by atoms with van der Waals surface area (Å²) in [7, 11) is 0. The minimum absolute atomic E-state index is 0.00325. The highest BCUT2D eigenvalue weighted by molar-refractivity contribution is 5.74. The minimum Gasteiger partial charge on any atom is -0.465 e. The molecular formula is C90H151N11O32. The molecule has 0 aromatic rings. The van der Waals surface area contributed by atoms with Crippen LogP contribution in [0, 0.1) is 16.2 Å². The van der Waals surface area contributed by atoms with Gasteiger partial charge in [-0.25, -0.2) is 0 Å². The van der Waals surface area contributed by atoms with Crippen LogP contribution in [0.3, 0.4) is 0 Å². The fourth-order valence-corrected chi connectivity index (χ4v) is 15.8. The summed E-state index contributed by atoms with van der Waals surface area (Å²) >= 11 is 0. The molecule has 9 rings (SSSR count). The number of nitrogens with one attached hydrogen (secondary N) is 1. The Morgan fingerprint density at radius 3 is 0.534 bits per heavy atom. The Morgan fingerprint density at radius 1 is 0.195 bits per heavy atom. The van der Waals surface area contributed by atoms with Gasteiger partial charge in [-0.15, -0.1) is 0 Å². The molecule has 133 heavy (non-hydrogen) atoms. The Labute approximate surface area is 782 Å². The largest absolute Gasteiger partial charge is 0.465 e. The Balaban J connectivity index is 0.918. The molecule has 9 heterocycles. The van der Waals surface area contributed by atoms with Gasteiger partial charge in [-0.05, 0) is 25.9 Å². The molecule has 43 nitrogen and oxygen atoms in total. The first-order valence-corrected chi connectivity index (χ1v) is 48.2. The fourth-order valence-electron chi connectivity index (χ4n) is 15.8. The van der Waals surface area contributed by atoms with Crippen molar-refractivity contribution in [2.75, 3.05) is 394 Å². The van der Waals surface area contributed by atoms with E-state index in [1.807, 2.05) is 0 Å². The van der Waals surface area contributed by atoms with Crippen molar-refractivity contribution >= 4 is 71.6 Å². The molecule has 0 aromatic heterocycles. The van der Waals surface area contributed by atoms with Crippen LogP contribution in [0.1, 0.15) is 96.3 Å². The van der Waals surface area contributed by atoms with E-state index in [9.17, 15) is 57.5 Å². The van der Waals surface area contributed by atoms with E-state index in [1.165, 1.54) is 0 Å². The first-order chi connectivity index (χ1) is 64.7. The molecule has 9 aliphatic heterocycles. The molecule has 0 atom stereocenters. The van der Waals surface area contributed by atoms with Gasteiger partial charge in [0.1, 0.15) is 95.5 Å². The smallest absolute Gasteiger partial charge is 0.307 e. The van der Waals surface area contributed by atoms with E-state index in [4.69, 9.17) is 94.7 Å². The highest BCUT2D eigenvalue weighted by Gasteiger charge is 2.42. The van der Waals surface area contributed by atoms with Gasteiger partial charge >= 0.3 is 71.6 Å². The minimum atomic E-state index is -1.63. The lowest BCUT2D eigenvalue weighted by atomic mass is 9.92. The van der Waals surface area contributed by atoms with Crippen LogP contribution in [-0.2, 0) is 152 Å². The van der Waals surface area contributed by atoms with Crippen LogP contribution in [0.15, 0.2) is 0 Å². The molecule has 9 aliphatic rings. The van der Waals surface area contributed by atoms with Crippen molar-refractivity contribution in [1.82, 2.24) is 54.3 Å². The maximum absolute atomic E-state index is 14.6. The number of carbonyl (C=O) groups excluding carboxylic acids is 12. The molecule has 0 saturated carbocycles. The molecule has 9 fully saturated rings. The molecular weight excluding hydrogens is 1750 g/mol. The summed E-state index contributed by atoms with van der Waals surface area (Å²) < 4.78 is 116. The molecule has 1 N–H and O–H groups in total. The Morgan fingerprint density at radius 2 is 0.353 bits per heavy atom. The van der Waals surface area contributed by atoms with E-state index in [0.717, 1.165) is 32.4 Å². The van der Waals surface area contributed by atoms with Crippen molar-refractivity contribution in [2.24, 2.45) is 16.2 Å². The number of esters is 12. The summed E-state index contributed by atoms with van der Waals surface area (Å²) in [6, 6.07) is 0. The van der Waals surface area contributed by atoms with E-state index in [0.29, 0.717) is 269 Å². The number of likely N-dealkylation sites (tertiary alicyclic amines) is 1. The van der Waals surface area contributed by atoms with Crippen molar-refractivity contribution in [1.29, 1.82) is 0 Å². The second kappa shape index (κ2) is 64.1. The second-order valence-corrected chi connectivity index (χ2v) is 35.6. The number of nitrogens with zero attached hydrogens (tertiary/aromatic N) is 10. The number of hydrogen-bond donors (Lipinski definition) is 1. The summed E-state index contributed by atoms with van der Waals surface area (Å²) in [6.07, 6.45) is 2.12. The van der Waals surface area contributed by atoms with Crippen LogP contribution < -0.4 is 5.32 Å². The lowest BCUT2D eigenvalue weighted by Gasteiger charge is -2.32. The highest BCUT2D eigenvalue weighted by Crippen LogP contribution is 2.28. The fraction of sp³-hybridized carbons (Fsp3) is 0.867. The number of carbonyl (C=O) groups is 12. The molecule has 0 amide bonds. The van der Waals surface area contributed by atoms with Crippen molar-refractivity contribution in [2.45, 2.75) is 96.3 Å². The van der Waals surface area contributed by atoms with Crippen LogP contribution in [0.5, 0.6) is 0 Å². The molecule has 0 spiro atoms. The summed E-state index contributed by atoms with van der Waals surface area (Å²) in [6.45, 7) is 17.1. The van der Waals surface area contributed by atoms with Gasteiger partial charge in [-0.1, -0.05) is 6.42 Å². The molecule has 0 radical (unpaired) electrons. The number of ether oxygens (including phenoxy) is 20. The van der Waals surface area contributed by atoms with Crippen LogP contribution >= 0.6 is 0 Å². The molecule has 0 unspecified atom stereocenters. The zero-order valence-corrected chi connectivity index (χ0v) is 78.6. The van der Waals surface area contributed by atoms with Crippen molar-refractivity contribution in [3.63, 3.8) is 0 Å². The van der Waals surface area contributed by atoms with Gasteiger partial charge in [-0.3, -0.25) is 96.7 Å². The van der Waals surface area contributed by atoms with Crippen molar-refractivity contribution in [3.05, 3.63) is 0 Å². The molecule has 43 heteroatoms. The third kappa shape index (κ3) is 47.2. The predicted octanol–water partition coefficient (Wildman–Crippen LogP) is -1.82. The first kappa shape index (κ1) is 110. The van der Waals surface area contributed by atoms with Crippen molar-refractivity contribution in [3.8, 4) is 0 Å². The Kier molecular flexibility index (Phi) is 52.8. The molecule has 0 bridgehead atoms. The quantitative estimate of drug-likeness (QED) is 0.0398. The number of morpholine rings is 8. The van der Waals surface area contributed by atoms with E-state index in [-0.39, 0.29) is 110 Å². The summed E-state index contributed by atoms with van der Waals surface area (Å²) in [5.74, 6) is -7.62. The summed E-state index contributed by atoms with van der Waals surface area (Å²) in [5.41, 5.74) is -4.81. The third-order valence-corrected chi connectivity index (χ3v) is 24.8. The second-order valence-electron chi connectivity index (χ2n) is 35.6. The average Bonchev–Trinajstić information content (AvgIpc) is 0.853. The van der Waals surface area contributed by atoms with Crippen LogP contribution in [0.2, 0.25) is 0 Å². The Hall–Kier alpha value is -7.12. The standard InChI is InChI=1S/C90H151N11O32/c102-76(122-64-88(65-126-80(106)8-23-94-32-48-114-49-33-94,66-127-81(107)9-24-95-34-50-115-51-35-95)67-128-82(108)10-25-96-36-52-116-53-37-96)4-16-91-17-31-93(21-6-78(104)124-69-89(68-123-77(103)5-20-92-18-2-1-3-19-92,71-129-83(109)11-26-97-38-54-117-55-39-97)72-130-84(110)12-27-98-40-56-118-57-41-98)22-7-79(105)125-70-90(73-131-85(111)13-28-99-42-58-119-59-43-99,74-132-86(112)14-29-100-44-60-120-61-45-100)75-133-87(113)15-30-101-46-62-121-63-47-101/h91H,1-75H2. The topological polar surface area (TPSA) is 434 Å². The highest BCUT2D eigenvalue weighted by atomic mass is 16.6.